The number of hydrogen-bond donors (Lipinski definition) is 2. The van der Waals surface area contributed by atoms with E-state index in [2.05, 4.69) is 12.2 Å². The van der Waals surface area contributed by atoms with Gasteiger partial charge >= 0.3 is 0 Å². The molecular weight excluding hydrogens is 212 g/mol. The minimum atomic E-state index is -0.403. The van der Waals surface area contributed by atoms with Crippen LogP contribution in [-0.2, 0) is 0 Å². The fraction of sp³-hybridized carbons (Fsp3) is 0.467. The maximum Gasteiger partial charge on any atom is 0.0831 e. The maximum atomic E-state index is 10.5. The summed E-state index contributed by atoms with van der Waals surface area (Å²) in [6.45, 7) is 0. The van der Waals surface area contributed by atoms with Crippen LogP contribution in [0.3, 0.4) is 0 Å². The van der Waals surface area contributed by atoms with E-state index in [1.54, 1.807) is 0 Å². The number of aliphatic hydroxyl groups is 2. The topological polar surface area (TPSA) is 40.5 Å². The summed E-state index contributed by atoms with van der Waals surface area (Å²) in [6, 6.07) is 7.79. The highest BCUT2D eigenvalue weighted by molar-refractivity contribution is 5.37. The molecule has 1 aromatic rings. The van der Waals surface area contributed by atoms with Gasteiger partial charge in [-0.1, -0.05) is 36.4 Å². The van der Waals surface area contributed by atoms with Gasteiger partial charge in [-0.3, -0.25) is 0 Å². The average molecular weight is 228 g/mol. The standard InChI is InChI=1S/C15H16O2/c16-14-10-3-1-2-4-11(10)15(17)13-9-6-5-8(7-9)12(13)14/h1-6,8-9,12-17H,7H2/t8-,9-,12-,13+,14+,15+/m0/s1. The van der Waals surface area contributed by atoms with Crippen molar-refractivity contribution in [3.8, 4) is 0 Å². The highest BCUT2D eigenvalue weighted by atomic mass is 16.3. The van der Waals surface area contributed by atoms with Crippen LogP contribution in [0.25, 0.3) is 0 Å². The van der Waals surface area contributed by atoms with E-state index in [1.165, 1.54) is 0 Å². The Morgan fingerprint density at radius 3 is 1.76 bits per heavy atom. The molecule has 4 rings (SSSR count). The van der Waals surface area contributed by atoms with Gasteiger partial charge in [0.15, 0.2) is 0 Å². The molecule has 1 fully saturated rings. The fourth-order valence-electron chi connectivity index (χ4n) is 4.25. The summed E-state index contributed by atoms with van der Waals surface area (Å²) in [4.78, 5) is 0. The van der Waals surface area contributed by atoms with E-state index in [1.807, 2.05) is 24.3 Å². The Balaban J connectivity index is 1.88. The molecule has 88 valence electrons. The average Bonchev–Trinajstić information content (AvgIpc) is 2.96. The summed E-state index contributed by atoms with van der Waals surface area (Å²) < 4.78 is 0. The fourth-order valence-corrected chi connectivity index (χ4v) is 4.25. The van der Waals surface area contributed by atoms with Crippen LogP contribution in [0.5, 0.6) is 0 Å². The molecule has 3 aliphatic rings. The molecule has 0 spiro atoms. The molecule has 0 aromatic heterocycles. The third-order valence-corrected chi connectivity index (χ3v) is 4.95. The van der Waals surface area contributed by atoms with E-state index in [9.17, 15) is 10.2 Å². The molecule has 2 nitrogen and oxygen atoms in total. The summed E-state index contributed by atoms with van der Waals surface area (Å²) in [7, 11) is 0. The van der Waals surface area contributed by atoms with Crippen molar-refractivity contribution in [1.29, 1.82) is 0 Å². The summed E-state index contributed by atoms with van der Waals surface area (Å²) in [5.41, 5.74) is 1.87. The van der Waals surface area contributed by atoms with Crippen molar-refractivity contribution in [2.24, 2.45) is 23.7 Å². The highest BCUT2D eigenvalue weighted by Crippen LogP contribution is 2.59. The lowest BCUT2D eigenvalue weighted by molar-refractivity contribution is -0.0209. The molecule has 0 aliphatic heterocycles. The van der Waals surface area contributed by atoms with Crippen LogP contribution in [-0.4, -0.2) is 10.2 Å². The number of hydrogen-bond acceptors (Lipinski definition) is 2. The number of rotatable bonds is 0. The van der Waals surface area contributed by atoms with Crippen LogP contribution >= 0.6 is 0 Å². The summed E-state index contributed by atoms with van der Waals surface area (Å²) >= 11 is 0. The molecule has 0 unspecified atom stereocenters. The zero-order chi connectivity index (χ0) is 11.6. The number of benzene rings is 1. The Morgan fingerprint density at radius 1 is 0.824 bits per heavy atom. The van der Waals surface area contributed by atoms with E-state index < -0.39 is 12.2 Å². The van der Waals surface area contributed by atoms with Gasteiger partial charge in [0.25, 0.3) is 0 Å². The van der Waals surface area contributed by atoms with Crippen LogP contribution in [0.1, 0.15) is 29.8 Å². The molecule has 0 amide bonds. The molecule has 0 radical (unpaired) electrons. The number of allylic oxidation sites excluding steroid dienone is 2. The zero-order valence-electron chi connectivity index (χ0n) is 9.53. The first-order chi connectivity index (χ1) is 8.27. The first-order valence-electron chi connectivity index (χ1n) is 6.40. The molecule has 2 N–H and O–H groups in total. The molecule has 1 saturated carbocycles. The first kappa shape index (κ1) is 9.86. The first-order valence-corrected chi connectivity index (χ1v) is 6.40. The van der Waals surface area contributed by atoms with Crippen LogP contribution in [0.2, 0.25) is 0 Å². The third-order valence-electron chi connectivity index (χ3n) is 4.95. The Hall–Kier alpha value is -1.12. The van der Waals surface area contributed by atoms with Crippen LogP contribution < -0.4 is 0 Å². The van der Waals surface area contributed by atoms with Crippen LogP contribution in [0, 0.1) is 23.7 Å². The van der Waals surface area contributed by atoms with E-state index >= 15 is 0 Å². The zero-order valence-corrected chi connectivity index (χ0v) is 9.53. The van der Waals surface area contributed by atoms with E-state index in [0.29, 0.717) is 11.8 Å². The molecule has 0 saturated heterocycles. The molecule has 0 heterocycles. The van der Waals surface area contributed by atoms with Crippen molar-refractivity contribution >= 4 is 0 Å². The van der Waals surface area contributed by atoms with Crippen molar-refractivity contribution in [2.45, 2.75) is 18.6 Å². The molecule has 1 aromatic carbocycles. The van der Waals surface area contributed by atoms with Crippen molar-refractivity contribution in [1.82, 2.24) is 0 Å². The second-order valence-corrected chi connectivity index (χ2v) is 5.62. The minimum absolute atomic E-state index is 0.217. The van der Waals surface area contributed by atoms with Crippen LogP contribution in [0.4, 0.5) is 0 Å². The molecule has 2 heteroatoms. The Bertz CT molecular complexity index is 450. The van der Waals surface area contributed by atoms with Gasteiger partial charge in [-0.25, -0.2) is 0 Å². The predicted octanol–water partition coefficient (Wildman–Crippen LogP) is 2.21. The number of fused-ring (bicyclic) bond motifs is 6. The predicted molar refractivity (Wildman–Crippen MR) is 64.1 cm³/mol. The molecular formula is C15H16O2. The second kappa shape index (κ2) is 3.21. The van der Waals surface area contributed by atoms with Gasteiger partial charge in [-0.15, -0.1) is 0 Å². The minimum Gasteiger partial charge on any atom is -0.388 e. The lowest BCUT2D eigenvalue weighted by atomic mass is 9.68. The summed E-state index contributed by atoms with van der Waals surface area (Å²) in [6.07, 6.45) is 4.77. The monoisotopic (exact) mass is 228 g/mol. The Kier molecular flexibility index (Phi) is 1.86. The van der Waals surface area contributed by atoms with Crippen molar-refractivity contribution in [2.75, 3.05) is 0 Å². The summed E-state index contributed by atoms with van der Waals surface area (Å²) in [5, 5.41) is 21.1. The van der Waals surface area contributed by atoms with E-state index in [4.69, 9.17) is 0 Å². The lowest BCUT2D eigenvalue weighted by Gasteiger charge is -2.41. The second-order valence-electron chi connectivity index (χ2n) is 5.62. The SMILES string of the molecule is O[C@@H]1c2ccccc2[C@@H](O)[C@@H]2[C@H]1[C@H]1C=C[C@H]2C1. The van der Waals surface area contributed by atoms with Gasteiger partial charge in [-0.05, 0) is 29.4 Å². The van der Waals surface area contributed by atoms with Crippen LogP contribution in [0.15, 0.2) is 36.4 Å². The molecule has 2 bridgehead atoms. The van der Waals surface area contributed by atoms with Gasteiger partial charge in [0.2, 0.25) is 0 Å². The smallest absolute Gasteiger partial charge is 0.0831 e. The number of aliphatic hydroxyl groups excluding tert-OH is 2. The molecule has 6 atom stereocenters. The van der Waals surface area contributed by atoms with E-state index in [0.717, 1.165) is 17.5 Å². The lowest BCUT2D eigenvalue weighted by Crippen LogP contribution is -2.35. The Morgan fingerprint density at radius 2 is 1.29 bits per heavy atom. The van der Waals surface area contributed by atoms with Gasteiger partial charge in [0.05, 0.1) is 12.2 Å². The van der Waals surface area contributed by atoms with Crippen molar-refractivity contribution < 1.29 is 10.2 Å². The quantitative estimate of drug-likeness (QED) is 0.668. The largest absolute Gasteiger partial charge is 0.388 e. The maximum absolute atomic E-state index is 10.5. The summed E-state index contributed by atoms with van der Waals surface area (Å²) in [5.74, 6) is 1.36. The van der Waals surface area contributed by atoms with Gasteiger partial charge in [0, 0.05) is 11.8 Å². The third kappa shape index (κ3) is 1.12. The molecule has 17 heavy (non-hydrogen) atoms. The van der Waals surface area contributed by atoms with Crippen molar-refractivity contribution in [3.63, 3.8) is 0 Å². The van der Waals surface area contributed by atoms with Gasteiger partial charge < -0.3 is 10.2 Å². The Labute approximate surface area is 101 Å². The normalized spacial score (nSPS) is 45.8. The van der Waals surface area contributed by atoms with Crippen molar-refractivity contribution in [3.05, 3.63) is 47.5 Å². The molecule has 3 aliphatic carbocycles. The van der Waals surface area contributed by atoms with Gasteiger partial charge in [0.1, 0.15) is 0 Å². The van der Waals surface area contributed by atoms with Gasteiger partial charge in [-0.2, -0.15) is 0 Å². The van der Waals surface area contributed by atoms with E-state index in [-0.39, 0.29) is 11.8 Å². The highest BCUT2D eigenvalue weighted by Gasteiger charge is 2.54.